The molecule has 112 valence electrons. The van der Waals surface area contributed by atoms with Crippen LogP contribution in [0.5, 0.6) is 0 Å². The van der Waals surface area contributed by atoms with E-state index in [-0.39, 0.29) is 23.3 Å². The molecule has 1 amide bonds. The third kappa shape index (κ3) is 3.83. The number of hydrogen-bond donors (Lipinski definition) is 2. The van der Waals surface area contributed by atoms with Crippen LogP contribution in [-0.2, 0) is 10.2 Å². The van der Waals surface area contributed by atoms with Crippen LogP contribution in [0.1, 0.15) is 50.8 Å². The Kier molecular flexibility index (Phi) is 5.22. The summed E-state index contributed by atoms with van der Waals surface area (Å²) in [5.74, 6) is 0.140. The molecule has 4 heteroatoms. The van der Waals surface area contributed by atoms with E-state index in [1.54, 1.807) is 11.3 Å². The Labute approximate surface area is 125 Å². The van der Waals surface area contributed by atoms with E-state index in [1.165, 1.54) is 11.3 Å². The number of nitrogens with one attached hydrogen (secondary N) is 1. The predicted molar refractivity (Wildman–Crippen MR) is 84.9 cm³/mol. The van der Waals surface area contributed by atoms with E-state index < -0.39 is 0 Å². The Bertz CT molecular complexity index is 428. The second-order valence-corrected chi connectivity index (χ2v) is 7.44. The summed E-state index contributed by atoms with van der Waals surface area (Å²) in [5.41, 5.74) is 6.14. The zero-order chi connectivity index (χ0) is 14.6. The van der Waals surface area contributed by atoms with Gasteiger partial charge in [-0.15, -0.1) is 11.3 Å². The summed E-state index contributed by atoms with van der Waals surface area (Å²) < 4.78 is 0. The summed E-state index contributed by atoms with van der Waals surface area (Å²) in [6.07, 6.45) is 5.41. The number of rotatable bonds is 4. The van der Waals surface area contributed by atoms with Gasteiger partial charge in [0.2, 0.25) is 5.91 Å². The number of carbonyl (C=O) groups is 1. The normalized spacial score (nSPS) is 24.1. The standard InChI is InChI=1S/C16H26N2OS/c1-16(2,14-9-6-10-20-14)11-18-15(19)12-7-4-3-5-8-13(12)17/h6,9-10,12-13H,3-5,7-8,11,17H2,1-2H3,(H,18,19). The van der Waals surface area contributed by atoms with Gasteiger partial charge >= 0.3 is 0 Å². The second-order valence-electron chi connectivity index (χ2n) is 6.49. The van der Waals surface area contributed by atoms with E-state index in [1.807, 2.05) is 0 Å². The highest BCUT2D eigenvalue weighted by atomic mass is 32.1. The highest BCUT2D eigenvalue weighted by molar-refractivity contribution is 7.10. The minimum Gasteiger partial charge on any atom is -0.355 e. The first-order valence-electron chi connectivity index (χ1n) is 7.58. The SMILES string of the molecule is CC(C)(CNC(=O)C1CCCCCC1N)c1cccs1. The number of thiophene rings is 1. The number of nitrogens with two attached hydrogens (primary N) is 1. The van der Waals surface area contributed by atoms with Crippen LogP contribution in [-0.4, -0.2) is 18.5 Å². The summed E-state index contributed by atoms with van der Waals surface area (Å²) in [4.78, 5) is 13.7. The van der Waals surface area contributed by atoms with Crippen molar-refractivity contribution in [2.75, 3.05) is 6.54 Å². The van der Waals surface area contributed by atoms with Crippen molar-refractivity contribution in [2.45, 2.75) is 57.4 Å². The highest BCUT2D eigenvalue weighted by Gasteiger charge is 2.29. The van der Waals surface area contributed by atoms with Gasteiger partial charge < -0.3 is 11.1 Å². The van der Waals surface area contributed by atoms with E-state index in [0.717, 1.165) is 25.7 Å². The van der Waals surface area contributed by atoms with Gasteiger partial charge in [0.1, 0.15) is 0 Å². The topological polar surface area (TPSA) is 55.1 Å². The van der Waals surface area contributed by atoms with Crippen LogP contribution < -0.4 is 11.1 Å². The van der Waals surface area contributed by atoms with E-state index in [9.17, 15) is 4.79 Å². The molecule has 0 spiro atoms. The van der Waals surface area contributed by atoms with Crippen LogP contribution in [0.4, 0.5) is 0 Å². The third-order valence-corrected chi connectivity index (χ3v) is 5.53. The number of carbonyl (C=O) groups excluding carboxylic acids is 1. The molecule has 2 rings (SSSR count). The lowest BCUT2D eigenvalue weighted by Crippen LogP contribution is -2.44. The molecule has 1 heterocycles. The third-order valence-electron chi connectivity index (χ3n) is 4.30. The van der Waals surface area contributed by atoms with Crippen LogP contribution in [0.3, 0.4) is 0 Å². The molecule has 0 saturated heterocycles. The molecule has 1 aliphatic carbocycles. The van der Waals surface area contributed by atoms with E-state index in [0.29, 0.717) is 6.54 Å². The van der Waals surface area contributed by atoms with Crippen LogP contribution >= 0.6 is 11.3 Å². The molecule has 2 atom stereocenters. The minimum atomic E-state index is -0.0152. The van der Waals surface area contributed by atoms with Crippen molar-refractivity contribution in [3.05, 3.63) is 22.4 Å². The van der Waals surface area contributed by atoms with Crippen LogP contribution in [0.15, 0.2) is 17.5 Å². The van der Waals surface area contributed by atoms with Crippen molar-refractivity contribution >= 4 is 17.2 Å². The molecule has 0 radical (unpaired) electrons. The lowest BCUT2D eigenvalue weighted by molar-refractivity contribution is -0.126. The Morgan fingerprint density at radius 3 is 2.85 bits per heavy atom. The first kappa shape index (κ1) is 15.5. The maximum Gasteiger partial charge on any atom is 0.224 e. The molecule has 3 nitrogen and oxygen atoms in total. The van der Waals surface area contributed by atoms with Crippen molar-refractivity contribution in [1.82, 2.24) is 5.32 Å². The summed E-state index contributed by atoms with van der Waals surface area (Å²) in [6, 6.07) is 4.22. The van der Waals surface area contributed by atoms with Crippen molar-refractivity contribution in [3.63, 3.8) is 0 Å². The van der Waals surface area contributed by atoms with Crippen molar-refractivity contribution in [2.24, 2.45) is 11.7 Å². The number of amides is 1. The van der Waals surface area contributed by atoms with Crippen molar-refractivity contribution in [1.29, 1.82) is 0 Å². The average molecular weight is 294 g/mol. The molecule has 3 N–H and O–H groups in total. The molecule has 1 saturated carbocycles. The molecule has 1 fully saturated rings. The Hall–Kier alpha value is -0.870. The van der Waals surface area contributed by atoms with Gasteiger partial charge in [-0.05, 0) is 24.3 Å². The first-order chi connectivity index (χ1) is 9.50. The molecular weight excluding hydrogens is 268 g/mol. The van der Waals surface area contributed by atoms with Gasteiger partial charge in [0, 0.05) is 22.9 Å². The lowest BCUT2D eigenvalue weighted by atomic mass is 9.90. The van der Waals surface area contributed by atoms with E-state index >= 15 is 0 Å². The summed E-state index contributed by atoms with van der Waals surface area (Å²) >= 11 is 1.75. The summed E-state index contributed by atoms with van der Waals surface area (Å²) in [5, 5.41) is 5.21. The highest BCUT2D eigenvalue weighted by Crippen LogP contribution is 2.27. The minimum absolute atomic E-state index is 0.00312. The largest absolute Gasteiger partial charge is 0.355 e. The van der Waals surface area contributed by atoms with Gasteiger partial charge in [-0.2, -0.15) is 0 Å². The quantitative estimate of drug-likeness (QED) is 0.839. The van der Waals surface area contributed by atoms with Crippen LogP contribution in [0.25, 0.3) is 0 Å². The molecular formula is C16H26N2OS. The summed E-state index contributed by atoms with van der Waals surface area (Å²) in [7, 11) is 0. The monoisotopic (exact) mass is 294 g/mol. The molecule has 0 aliphatic heterocycles. The molecule has 20 heavy (non-hydrogen) atoms. The van der Waals surface area contributed by atoms with Gasteiger partial charge in [0.05, 0.1) is 5.92 Å². The Morgan fingerprint density at radius 1 is 1.40 bits per heavy atom. The molecule has 1 aliphatic rings. The fourth-order valence-electron chi connectivity index (χ4n) is 2.85. The van der Waals surface area contributed by atoms with Crippen LogP contribution in [0, 0.1) is 5.92 Å². The van der Waals surface area contributed by atoms with Gasteiger partial charge in [-0.3, -0.25) is 4.79 Å². The fourth-order valence-corrected chi connectivity index (χ4v) is 3.70. The van der Waals surface area contributed by atoms with E-state index in [4.69, 9.17) is 5.73 Å². The van der Waals surface area contributed by atoms with Crippen molar-refractivity contribution < 1.29 is 4.79 Å². The average Bonchev–Trinajstić information content (AvgIpc) is 2.87. The maximum atomic E-state index is 12.4. The smallest absolute Gasteiger partial charge is 0.224 e. The number of hydrogen-bond acceptors (Lipinski definition) is 3. The zero-order valence-electron chi connectivity index (χ0n) is 12.5. The maximum absolute atomic E-state index is 12.4. The molecule has 0 bridgehead atoms. The lowest BCUT2D eigenvalue weighted by Gasteiger charge is -2.26. The van der Waals surface area contributed by atoms with Gasteiger partial charge in [0.25, 0.3) is 0 Å². The van der Waals surface area contributed by atoms with Crippen LogP contribution in [0.2, 0.25) is 0 Å². The Morgan fingerprint density at radius 2 is 2.15 bits per heavy atom. The van der Waals surface area contributed by atoms with Crippen molar-refractivity contribution in [3.8, 4) is 0 Å². The van der Waals surface area contributed by atoms with Gasteiger partial charge in [0.15, 0.2) is 0 Å². The second kappa shape index (κ2) is 6.72. The zero-order valence-corrected chi connectivity index (χ0v) is 13.3. The molecule has 0 aromatic carbocycles. The van der Waals surface area contributed by atoms with Gasteiger partial charge in [-0.1, -0.05) is 39.2 Å². The van der Waals surface area contributed by atoms with E-state index in [2.05, 4.69) is 36.7 Å². The molecule has 2 unspecified atom stereocenters. The Balaban J connectivity index is 1.91. The van der Waals surface area contributed by atoms with Gasteiger partial charge in [-0.25, -0.2) is 0 Å². The predicted octanol–water partition coefficient (Wildman–Crippen LogP) is 3.05. The first-order valence-corrected chi connectivity index (χ1v) is 8.46. The fraction of sp³-hybridized carbons (Fsp3) is 0.688. The summed E-state index contributed by atoms with van der Waals surface area (Å²) in [6.45, 7) is 5.02. The molecule has 1 aromatic rings. The molecule has 1 aromatic heterocycles.